The van der Waals surface area contributed by atoms with Crippen molar-refractivity contribution < 1.29 is 0 Å². The van der Waals surface area contributed by atoms with Gasteiger partial charge in [-0.05, 0) is 18.8 Å². The van der Waals surface area contributed by atoms with E-state index < -0.39 is 0 Å². The second-order valence-corrected chi connectivity index (χ2v) is 4.26. The second kappa shape index (κ2) is 5.10. The standard InChI is InChI=1S/C12H19N3/c1-2-11-8-12(15-9-14-11)13-7-6-10-4-3-5-10/h8-10H,2-7H2,1H3,(H,13,14,15). The molecule has 1 aromatic rings. The maximum absolute atomic E-state index is 4.21. The molecule has 0 spiro atoms. The molecule has 1 N–H and O–H groups in total. The fourth-order valence-corrected chi connectivity index (χ4v) is 1.87. The third-order valence-electron chi connectivity index (χ3n) is 3.17. The Morgan fingerprint density at radius 2 is 2.27 bits per heavy atom. The zero-order chi connectivity index (χ0) is 10.5. The summed E-state index contributed by atoms with van der Waals surface area (Å²) in [4.78, 5) is 8.38. The van der Waals surface area contributed by atoms with Crippen LogP contribution in [0.15, 0.2) is 12.4 Å². The Morgan fingerprint density at radius 3 is 2.93 bits per heavy atom. The zero-order valence-electron chi connectivity index (χ0n) is 9.37. The molecule has 1 aliphatic rings. The Labute approximate surface area is 91.3 Å². The minimum atomic E-state index is 0.963. The van der Waals surface area contributed by atoms with Gasteiger partial charge in [-0.2, -0.15) is 0 Å². The van der Waals surface area contributed by atoms with Gasteiger partial charge in [-0.3, -0.25) is 0 Å². The van der Waals surface area contributed by atoms with E-state index in [1.54, 1.807) is 6.33 Å². The summed E-state index contributed by atoms with van der Waals surface area (Å²) in [7, 11) is 0. The molecule has 0 unspecified atom stereocenters. The van der Waals surface area contributed by atoms with Crippen molar-refractivity contribution in [3.05, 3.63) is 18.1 Å². The van der Waals surface area contributed by atoms with Gasteiger partial charge in [0.15, 0.2) is 0 Å². The number of nitrogens with zero attached hydrogens (tertiary/aromatic N) is 2. The summed E-state index contributed by atoms with van der Waals surface area (Å²) >= 11 is 0. The number of rotatable bonds is 5. The van der Waals surface area contributed by atoms with Crippen LogP contribution in [-0.4, -0.2) is 16.5 Å². The molecule has 0 radical (unpaired) electrons. The molecule has 0 aliphatic heterocycles. The van der Waals surface area contributed by atoms with Gasteiger partial charge in [-0.25, -0.2) is 9.97 Å². The van der Waals surface area contributed by atoms with Crippen molar-refractivity contribution in [2.45, 2.75) is 39.0 Å². The number of anilines is 1. The molecule has 3 nitrogen and oxygen atoms in total. The lowest BCUT2D eigenvalue weighted by Gasteiger charge is -2.25. The minimum Gasteiger partial charge on any atom is -0.370 e. The van der Waals surface area contributed by atoms with Crippen LogP contribution in [0.1, 0.15) is 38.3 Å². The predicted octanol–water partition coefficient (Wildman–Crippen LogP) is 2.64. The highest BCUT2D eigenvalue weighted by molar-refractivity contribution is 5.34. The molecule has 15 heavy (non-hydrogen) atoms. The van der Waals surface area contributed by atoms with Crippen LogP contribution < -0.4 is 5.32 Å². The largest absolute Gasteiger partial charge is 0.370 e. The zero-order valence-corrected chi connectivity index (χ0v) is 9.37. The van der Waals surface area contributed by atoms with E-state index in [2.05, 4.69) is 22.2 Å². The van der Waals surface area contributed by atoms with Gasteiger partial charge in [-0.15, -0.1) is 0 Å². The van der Waals surface area contributed by atoms with Crippen LogP contribution in [0, 0.1) is 5.92 Å². The van der Waals surface area contributed by atoms with Crippen LogP contribution in [0.25, 0.3) is 0 Å². The molecule has 0 amide bonds. The lowest BCUT2D eigenvalue weighted by Crippen LogP contribution is -2.16. The predicted molar refractivity (Wildman–Crippen MR) is 61.9 cm³/mol. The van der Waals surface area contributed by atoms with Crippen LogP contribution in [-0.2, 0) is 6.42 Å². The van der Waals surface area contributed by atoms with Crippen molar-refractivity contribution in [1.29, 1.82) is 0 Å². The van der Waals surface area contributed by atoms with Gasteiger partial charge in [0.2, 0.25) is 0 Å². The van der Waals surface area contributed by atoms with E-state index in [-0.39, 0.29) is 0 Å². The van der Waals surface area contributed by atoms with Gasteiger partial charge < -0.3 is 5.32 Å². The molecular formula is C12H19N3. The molecule has 2 rings (SSSR count). The van der Waals surface area contributed by atoms with Gasteiger partial charge in [0.05, 0.1) is 0 Å². The van der Waals surface area contributed by atoms with Crippen molar-refractivity contribution in [3.8, 4) is 0 Å². The molecule has 1 heterocycles. The normalized spacial score (nSPS) is 16.1. The smallest absolute Gasteiger partial charge is 0.129 e. The molecule has 1 fully saturated rings. The maximum atomic E-state index is 4.21. The van der Waals surface area contributed by atoms with Gasteiger partial charge in [0.25, 0.3) is 0 Å². The van der Waals surface area contributed by atoms with Crippen molar-refractivity contribution in [1.82, 2.24) is 9.97 Å². The Kier molecular flexibility index (Phi) is 3.54. The maximum Gasteiger partial charge on any atom is 0.129 e. The molecule has 0 bridgehead atoms. The summed E-state index contributed by atoms with van der Waals surface area (Å²) in [6, 6.07) is 2.04. The van der Waals surface area contributed by atoms with E-state index in [0.717, 1.165) is 30.4 Å². The average molecular weight is 205 g/mol. The number of aromatic nitrogens is 2. The fourth-order valence-electron chi connectivity index (χ4n) is 1.87. The molecule has 3 heteroatoms. The topological polar surface area (TPSA) is 37.8 Å². The summed E-state index contributed by atoms with van der Waals surface area (Å²) in [6.07, 6.45) is 8.17. The van der Waals surface area contributed by atoms with Gasteiger partial charge >= 0.3 is 0 Å². The number of nitrogens with one attached hydrogen (secondary N) is 1. The molecule has 1 aromatic heterocycles. The first-order chi connectivity index (χ1) is 7.38. The second-order valence-electron chi connectivity index (χ2n) is 4.26. The highest BCUT2D eigenvalue weighted by Crippen LogP contribution is 2.29. The summed E-state index contributed by atoms with van der Waals surface area (Å²) in [5.74, 6) is 1.94. The minimum absolute atomic E-state index is 0.963. The van der Waals surface area contributed by atoms with Crippen molar-refractivity contribution in [2.24, 2.45) is 5.92 Å². The van der Waals surface area contributed by atoms with Crippen molar-refractivity contribution in [2.75, 3.05) is 11.9 Å². The Bertz CT molecular complexity index is 307. The first-order valence-corrected chi connectivity index (χ1v) is 5.93. The highest BCUT2D eigenvalue weighted by Gasteiger charge is 2.16. The van der Waals surface area contributed by atoms with E-state index in [9.17, 15) is 0 Å². The number of hydrogen-bond acceptors (Lipinski definition) is 3. The van der Waals surface area contributed by atoms with Crippen LogP contribution in [0.5, 0.6) is 0 Å². The quantitative estimate of drug-likeness (QED) is 0.803. The number of aryl methyl sites for hydroxylation is 1. The SMILES string of the molecule is CCc1cc(NCCC2CCC2)ncn1. The van der Waals surface area contributed by atoms with Gasteiger partial charge in [0, 0.05) is 18.3 Å². The summed E-state index contributed by atoms with van der Waals surface area (Å²) in [5.41, 5.74) is 1.11. The van der Waals surface area contributed by atoms with E-state index in [1.165, 1.54) is 25.7 Å². The van der Waals surface area contributed by atoms with Crippen LogP contribution in [0.3, 0.4) is 0 Å². The average Bonchev–Trinajstić information content (AvgIpc) is 2.22. The van der Waals surface area contributed by atoms with E-state index >= 15 is 0 Å². The summed E-state index contributed by atoms with van der Waals surface area (Å²) in [5, 5.41) is 3.37. The molecule has 1 saturated carbocycles. The third kappa shape index (κ3) is 2.91. The first kappa shape index (κ1) is 10.4. The van der Waals surface area contributed by atoms with Crippen molar-refractivity contribution >= 4 is 5.82 Å². The lowest BCUT2D eigenvalue weighted by atomic mass is 9.83. The lowest BCUT2D eigenvalue weighted by molar-refractivity contribution is 0.303. The Morgan fingerprint density at radius 1 is 1.40 bits per heavy atom. The van der Waals surface area contributed by atoms with Gasteiger partial charge in [0.1, 0.15) is 12.1 Å². The molecular weight excluding hydrogens is 186 g/mol. The monoisotopic (exact) mass is 205 g/mol. The number of hydrogen-bond donors (Lipinski definition) is 1. The fraction of sp³-hybridized carbons (Fsp3) is 0.667. The summed E-state index contributed by atoms with van der Waals surface area (Å²) in [6.45, 7) is 3.16. The van der Waals surface area contributed by atoms with E-state index in [1.807, 2.05) is 6.07 Å². The summed E-state index contributed by atoms with van der Waals surface area (Å²) < 4.78 is 0. The molecule has 0 saturated heterocycles. The first-order valence-electron chi connectivity index (χ1n) is 5.93. The van der Waals surface area contributed by atoms with E-state index in [4.69, 9.17) is 0 Å². The van der Waals surface area contributed by atoms with Crippen LogP contribution in [0.4, 0.5) is 5.82 Å². The molecule has 82 valence electrons. The van der Waals surface area contributed by atoms with Crippen LogP contribution in [0.2, 0.25) is 0 Å². The highest BCUT2D eigenvalue weighted by atomic mass is 15.0. The van der Waals surface area contributed by atoms with Gasteiger partial charge in [-0.1, -0.05) is 26.2 Å². The molecule has 1 aliphatic carbocycles. The Balaban J connectivity index is 1.76. The third-order valence-corrected chi connectivity index (χ3v) is 3.17. The van der Waals surface area contributed by atoms with E-state index in [0.29, 0.717) is 0 Å². The van der Waals surface area contributed by atoms with Crippen LogP contribution >= 0.6 is 0 Å². The molecule has 0 atom stereocenters. The molecule has 0 aromatic carbocycles. The Hall–Kier alpha value is -1.12. The van der Waals surface area contributed by atoms with Crippen molar-refractivity contribution in [3.63, 3.8) is 0 Å².